The molecule has 0 aromatic heterocycles. The van der Waals surface area contributed by atoms with E-state index in [0.29, 0.717) is 0 Å². The molecule has 0 aliphatic carbocycles. The van der Waals surface area contributed by atoms with Crippen molar-refractivity contribution in [2.45, 2.75) is 0 Å². The van der Waals surface area contributed by atoms with E-state index in [0.717, 1.165) is 0 Å². The van der Waals surface area contributed by atoms with Crippen LogP contribution in [0.4, 0.5) is 0 Å². The summed E-state index contributed by atoms with van der Waals surface area (Å²) < 4.78 is 8.88. The molecule has 0 amide bonds. The van der Waals surface area contributed by atoms with Gasteiger partial charge in [-0.2, -0.15) is 0 Å². The van der Waals surface area contributed by atoms with Crippen LogP contribution in [0.25, 0.3) is 0 Å². The molecular formula is H13K2O8P. The van der Waals surface area contributed by atoms with Gasteiger partial charge in [0.05, 0.1) is 0 Å². The molecule has 0 spiro atoms. The monoisotopic (exact) mass is 250 g/mol. The molecule has 0 aliphatic rings. The van der Waals surface area contributed by atoms with Crippen molar-refractivity contribution in [1.29, 1.82) is 0 Å². The zero-order valence-electron chi connectivity index (χ0n) is 4.20. The Balaban J connectivity index is -0.00000000533. The van der Waals surface area contributed by atoms with Gasteiger partial charge in [-0.1, -0.05) is 0 Å². The summed E-state index contributed by atoms with van der Waals surface area (Å²) >= 11 is 0. The van der Waals surface area contributed by atoms with Crippen molar-refractivity contribution in [3.8, 4) is 0 Å². The van der Waals surface area contributed by atoms with E-state index in [-0.39, 0.29) is 125 Å². The fourth-order valence-electron chi connectivity index (χ4n) is 0. The quantitative estimate of drug-likeness (QED) is 0.284. The van der Waals surface area contributed by atoms with Crippen LogP contribution in [0.2, 0.25) is 0 Å². The maximum absolute atomic E-state index is 8.88. The molecule has 0 atom stereocenters. The average Bonchev–Trinajstić information content (AvgIpc) is 0.722. The second-order valence-corrected chi connectivity index (χ2v) is 1.54. The summed E-state index contributed by atoms with van der Waals surface area (Å²) in [5.41, 5.74) is 0. The fourth-order valence-corrected chi connectivity index (χ4v) is 0. The van der Waals surface area contributed by atoms with Gasteiger partial charge >= 0.3 is 111 Å². The van der Waals surface area contributed by atoms with Crippen molar-refractivity contribution in [2.75, 3.05) is 0 Å². The summed E-state index contributed by atoms with van der Waals surface area (Å²) in [5, 5.41) is 0. The Kier molecular flexibility index (Phi) is 101. The summed E-state index contributed by atoms with van der Waals surface area (Å²) in [4.78, 5) is 21.6. The Labute approximate surface area is 148 Å². The van der Waals surface area contributed by atoms with E-state index in [1.165, 1.54) is 0 Å². The molecule has 0 aromatic rings. The summed E-state index contributed by atoms with van der Waals surface area (Å²) in [5.74, 6) is 0. The molecular weight excluding hydrogens is 237 g/mol. The second-order valence-electron chi connectivity index (χ2n) is 0.513. The summed E-state index contributed by atoms with van der Waals surface area (Å²) in [6.07, 6.45) is 0. The Morgan fingerprint density at radius 1 is 0.727 bits per heavy atom. The van der Waals surface area contributed by atoms with Gasteiger partial charge in [-0.25, -0.2) is 4.57 Å². The molecule has 0 saturated heterocycles. The Bertz CT molecular complexity index is 58.2. The van der Waals surface area contributed by atoms with Gasteiger partial charge in [-0.05, 0) is 0 Å². The van der Waals surface area contributed by atoms with Gasteiger partial charge in [0.2, 0.25) is 0 Å². The van der Waals surface area contributed by atoms with Crippen LogP contribution in [-0.4, -0.2) is 139 Å². The predicted molar refractivity (Wildman–Crippen MR) is 43.0 cm³/mol. The Morgan fingerprint density at radius 3 is 0.727 bits per heavy atom. The molecule has 8 nitrogen and oxygen atoms in total. The first-order valence-corrected chi connectivity index (χ1v) is 2.35. The van der Waals surface area contributed by atoms with Crippen LogP contribution in [0.1, 0.15) is 0 Å². The summed E-state index contributed by atoms with van der Waals surface area (Å²) in [7, 11) is -4.64. The number of hydrogen-bond acceptors (Lipinski definition) is 1. The summed E-state index contributed by atoms with van der Waals surface area (Å²) in [6.45, 7) is 0. The van der Waals surface area contributed by atoms with Crippen molar-refractivity contribution in [1.82, 2.24) is 0 Å². The summed E-state index contributed by atoms with van der Waals surface area (Å²) in [6, 6.07) is 0. The van der Waals surface area contributed by atoms with Gasteiger partial charge in [0, 0.05) is 0 Å². The van der Waals surface area contributed by atoms with E-state index < -0.39 is 7.82 Å². The van der Waals surface area contributed by atoms with E-state index in [2.05, 4.69) is 0 Å². The molecule has 0 saturated carbocycles. The van der Waals surface area contributed by atoms with E-state index >= 15 is 0 Å². The first-order chi connectivity index (χ1) is 2.00. The minimum atomic E-state index is -4.64. The normalized spacial score (nSPS) is 5.36. The molecule has 0 bridgehead atoms. The first kappa shape index (κ1) is 47.7. The van der Waals surface area contributed by atoms with Crippen LogP contribution in [0.3, 0.4) is 0 Å². The number of phosphoric acid groups is 1. The molecule has 68 valence electrons. The van der Waals surface area contributed by atoms with Crippen LogP contribution in [0.5, 0.6) is 0 Å². The fraction of sp³-hybridized carbons (Fsp3) is 0. The van der Waals surface area contributed by atoms with Gasteiger partial charge in [0.1, 0.15) is 0 Å². The van der Waals surface area contributed by atoms with Gasteiger partial charge in [0.25, 0.3) is 0 Å². The van der Waals surface area contributed by atoms with Gasteiger partial charge in [0.15, 0.2) is 0 Å². The van der Waals surface area contributed by atoms with E-state index in [9.17, 15) is 0 Å². The Hall–Kier alpha value is 3.22. The topological polar surface area (TPSA) is 204 Å². The van der Waals surface area contributed by atoms with Crippen molar-refractivity contribution in [3.63, 3.8) is 0 Å². The molecule has 0 aromatic carbocycles. The van der Waals surface area contributed by atoms with Crippen molar-refractivity contribution in [2.24, 2.45) is 0 Å². The van der Waals surface area contributed by atoms with Gasteiger partial charge in [-0.3, -0.25) is 0 Å². The standard InChI is InChI=1S/2K.H3O4P.4H2O.2H/c;;1-5(2,3)4;;;;;;/h;;(H3,1,2,3,4);4*1H2;;. The van der Waals surface area contributed by atoms with Gasteiger partial charge < -0.3 is 36.6 Å². The second kappa shape index (κ2) is 23.2. The third kappa shape index (κ3) is 160. The molecule has 11 N–H and O–H groups in total. The molecule has 0 aliphatic heterocycles. The molecule has 0 heterocycles. The Morgan fingerprint density at radius 2 is 0.727 bits per heavy atom. The molecule has 0 radical (unpaired) electrons. The minimum absolute atomic E-state index is 0. The van der Waals surface area contributed by atoms with Crippen LogP contribution >= 0.6 is 7.82 Å². The maximum atomic E-state index is 8.88. The van der Waals surface area contributed by atoms with Crippen molar-refractivity contribution < 1.29 is 41.2 Å². The zero-order chi connectivity index (χ0) is 4.50. The third-order valence-electron chi connectivity index (χ3n) is 0. The SMILES string of the molecule is O.O.O.O.O=P(O)(O)O.[KH].[KH]. The molecule has 0 unspecified atom stereocenters. The van der Waals surface area contributed by atoms with Crippen LogP contribution in [0.15, 0.2) is 0 Å². The number of hydrogen-bond donors (Lipinski definition) is 3. The predicted octanol–water partition coefficient (Wildman–Crippen LogP) is -5.52. The van der Waals surface area contributed by atoms with Crippen molar-refractivity contribution in [3.05, 3.63) is 0 Å². The number of rotatable bonds is 0. The van der Waals surface area contributed by atoms with Crippen LogP contribution < -0.4 is 0 Å². The van der Waals surface area contributed by atoms with Crippen molar-refractivity contribution >= 4 is 111 Å². The molecule has 0 fully saturated rings. The van der Waals surface area contributed by atoms with Crippen LogP contribution in [0, 0.1) is 0 Å². The first-order valence-electron chi connectivity index (χ1n) is 0.783. The zero-order valence-corrected chi connectivity index (χ0v) is 5.09. The van der Waals surface area contributed by atoms with E-state index in [4.69, 9.17) is 19.2 Å². The van der Waals surface area contributed by atoms with Crippen LogP contribution in [-0.2, 0) is 4.57 Å². The average molecular weight is 250 g/mol. The molecule has 0 rings (SSSR count). The molecule has 11 heteroatoms. The van der Waals surface area contributed by atoms with E-state index in [1.807, 2.05) is 0 Å². The van der Waals surface area contributed by atoms with E-state index in [1.54, 1.807) is 0 Å². The molecule has 11 heavy (non-hydrogen) atoms. The van der Waals surface area contributed by atoms with Gasteiger partial charge in [-0.15, -0.1) is 0 Å². The third-order valence-corrected chi connectivity index (χ3v) is 0.